The van der Waals surface area contributed by atoms with E-state index in [0.717, 1.165) is 14.9 Å². The van der Waals surface area contributed by atoms with Gasteiger partial charge in [0.15, 0.2) is 0 Å². The van der Waals surface area contributed by atoms with Gasteiger partial charge in [-0.15, -0.1) is 0 Å². The van der Waals surface area contributed by atoms with Gasteiger partial charge < -0.3 is 9.47 Å². The van der Waals surface area contributed by atoms with Crippen LogP contribution in [0.3, 0.4) is 0 Å². The first-order valence-electron chi connectivity index (χ1n) is 5.14. The van der Waals surface area contributed by atoms with Crippen molar-refractivity contribution in [2.75, 3.05) is 13.7 Å². The van der Waals surface area contributed by atoms with E-state index in [1.165, 1.54) is 0 Å². The Bertz CT molecular complexity index is 363. The van der Waals surface area contributed by atoms with E-state index in [0.29, 0.717) is 19.4 Å². The molecule has 0 aliphatic carbocycles. The van der Waals surface area contributed by atoms with E-state index in [1.807, 2.05) is 25.1 Å². The first kappa shape index (κ1) is 13.3. The Morgan fingerprint density at radius 1 is 1.38 bits per heavy atom. The number of hydrogen-bond acceptors (Lipinski definition) is 3. The minimum Gasteiger partial charge on any atom is -0.497 e. The highest BCUT2D eigenvalue weighted by atomic mass is 127. The molecule has 4 heteroatoms. The van der Waals surface area contributed by atoms with Crippen molar-refractivity contribution in [3.8, 4) is 5.75 Å². The number of ether oxygens (including phenoxy) is 2. The number of aryl methyl sites for hydroxylation is 1. The molecule has 1 aromatic rings. The van der Waals surface area contributed by atoms with Crippen LogP contribution in [0.2, 0.25) is 0 Å². The number of carbonyl (C=O) groups excluding carboxylic acids is 1. The quantitative estimate of drug-likeness (QED) is 0.614. The van der Waals surface area contributed by atoms with Gasteiger partial charge in [-0.1, -0.05) is 0 Å². The third-order valence-corrected chi connectivity index (χ3v) is 2.71. The second-order valence-electron chi connectivity index (χ2n) is 3.30. The number of benzene rings is 1. The van der Waals surface area contributed by atoms with Crippen LogP contribution in [0.15, 0.2) is 18.2 Å². The number of halogens is 1. The van der Waals surface area contributed by atoms with Crippen molar-refractivity contribution < 1.29 is 14.3 Å². The molecular weight excluding hydrogens is 319 g/mol. The van der Waals surface area contributed by atoms with Crippen LogP contribution < -0.4 is 4.74 Å². The van der Waals surface area contributed by atoms with E-state index in [4.69, 9.17) is 9.47 Å². The molecule has 0 amide bonds. The van der Waals surface area contributed by atoms with Gasteiger partial charge in [0.2, 0.25) is 0 Å². The number of esters is 1. The van der Waals surface area contributed by atoms with E-state index in [2.05, 4.69) is 22.6 Å². The molecule has 0 N–H and O–H groups in total. The van der Waals surface area contributed by atoms with E-state index in [9.17, 15) is 4.79 Å². The van der Waals surface area contributed by atoms with E-state index in [-0.39, 0.29) is 5.97 Å². The summed E-state index contributed by atoms with van der Waals surface area (Å²) in [6.45, 7) is 2.25. The van der Waals surface area contributed by atoms with E-state index < -0.39 is 0 Å². The van der Waals surface area contributed by atoms with Crippen molar-refractivity contribution in [3.63, 3.8) is 0 Å². The Morgan fingerprint density at radius 2 is 2.12 bits per heavy atom. The lowest BCUT2D eigenvalue weighted by molar-refractivity contribution is -0.143. The second kappa shape index (κ2) is 6.73. The minimum absolute atomic E-state index is 0.152. The summed E-state index contributed by atoms with van der Waals surface area (Å²) in [5.74, 6) is 0.672. The maximum atomic E-state index is 11.2. The van der Waals surface area contributed by atoms with Crippen molar-refractivity contribution in [3.05, 3.63) is 27.3 Å². The van der Waals surface area contributed by atoms with Gasteiger partial charge in [-0.2, -0.15) is 0 Å². The largest absolute Gasteiger partial charge is 0.497 e. The first-order valence-corrected chi connectivity index (χ1v) is 6.22. The number of methoxy groups -OCH3 is 1. The van der Waals surface area contributed by atoms with E-state index in [1.54, 1.807) is 7.11 Å². The van der Waals surface area contributed by atoms with Gasteiger partial charge in [-0.25, -0.2) is 0 Å². The van der Waals surface area contributed by atoms with Crippen LogP contribution in [0.1, 0.15) is 18.9 Å². The summed E-state index contributed by atoms with van der Waals surface area (Å²) in [7, 11) is 1.64. The van der Waals surface area contributed by atoms with Crippen LogP contribution in [0.4, 0.5) is 0 Å². The zero-order valence-corrected chi connectivity index (χ0v) is 11.6. The van der Waals surface area contributed by atoms with Gasteiger partial charge in [0.1, 0.15) is 5.75 Å². The third-order valence-electron chi connectivity index (χ3n) is 2.09. The van der Waals surface area contributed by atoms with Crippen molar-refractivity contribution in [2.24, 2.45) is 0 Å². The molecule has 0 aromatic heterocycles. The van der Waals surface area contributed by atoms with Gasteiger partial charge in [-0.3, -0.25) is 4.79 Å². The summed E-state index contributed by atoms with van der Waals surface area (Å²) in [4.78, 5) is 11.2. The van der Waals surface area contributed by atoms with Gasteiger partial charge in [0.05, 0.1) is 13.7 Å². The van der Waals surface area contributed by atoms with Crippen LogP contribution in [0, 0.1) is 3.57 Å². The highest BCUT2D eigenvalue weighted by Crippen LogP contribution is 2.19. The molecule has 0 atom stereocenters. The molecule has 0 aliphatic rings. The Balaban J connectivity index is 2.59. The van der Waals surface area contributed by atoms with Gasteiger partial charge in [0.25, 0.3) is 0 Å². The molecule has 0 saturated carbocycles. The van der Waals surface area contributed by atoms with Gasteiger partial charge in [0, 0.05) is 9.99 Å². The molecule has 0 heterocycles. The lowest BCUT2D eigenvalue weighted by atomic mass is 10.1. The Morgan fingerprint density at radius 3 is 2.75 bits per heavy atom. The van der Waals surface area contributed by atoms with Crippen molar-refractivity contribution in [1.82, 2.24) is 0 Å². The van der Waals surface area contributed by atoms with Gasteiger partial charge in [-0.05, 0) is 59.7 Å². The summed E-state index contributed by atoms with van der Waals surface area (Å²) in [5.41, 5.74) is 1.09. The molecule has 0 spiro atoms. The monoisotopic (exact) mass is 334 g/mol. The van der Waals surface area contributed by atoms with Crippen LogP contribution in [0.25, 0.3) is 0 Å². The first-order chi connectivity index (χ1) is 7.65. The fourth-order valence-corrected chi connectivity index (χ4v) is 2.07. The maximum Gasteiger partial charge on any atom is 0.306 e. The molecule has 1 aromatic carbocycles. The molecule has 0 radical (unpaired) electrons. The Labute approximate surface area is 109 Å². The smallest absolute Gasteiger partial charge is 0.306 e. The topological polar surface area (TPSA) is 35.5 Å². The number of rotatable bonds is 5. The molecule has 3 nitrogen and oxygen atoms in total. The lowest BCUT2D eigenvalue weighted by Crippen LogP contribution is -2.05. The molecule has 0 aliphatic heterocycles. The second-order valence-corrected chi connectivity index (χ2v) is 4.55. The maximum absolute atomic E-state index is 11.2. The minimum atomic E-state index is -0.152. The fourth-order valence-electron chi connectivity index (χ4n) is 1.36. The number of carbonyl (C=O) groups is 1. The van der Waals surface area contributed by atoms with E-state index >= 15 is 0 Å². The summed E-state index contributed by atoms with van der Waals surface area (Å²) >= 11 is 2.23. The summed E-state index contributed by atoms with van der Waals surface area (Å²) in [6, 6.07) is 5.94. The van der Waals surface area contributed by atoms with Crippen LogP contribution in [-0.4, -0.2) is 19.7 Å². The molecule has 0 unspecified atom stereocenters. The van der Waals surface area contributed by atoms with Crippen molar-refractivity contribution in [1.29, 1.82) is 0 Å². The van der Waals surface area contributed by atoms with Crippen LogP contribution in [-0.2, 0) is 16.0 Å². The van der Waals surface area contributed by atoms with Crippen molar-refractivity contribution >= 4 is 28.6 Å². The highest BCUT2D eigenvalue weighted by Gasteiger charge is 2.04. The molecule has 0 bridgehead atoms. The molecule has 16 heavy (non-hydrogen) atoms. The summed E-state index contributed by atoms with van der Waals surface area (Å²) in [5, 5.41) is 0. The van der Waals surface area contributed by atoms with Crippen LogP contribution in [0.5, 0.6) is 5.75 Å². The normalized spacial score (nSPS) is 9.94. The van der Waals surface area contributed by atoms with Gasteiger partial charge >= 0.3 is 5.97 Å². The van der Waals surface area contributed by atoms with Crippen molar-refractivity contribution in [2.45, 2.75) is 19.8 Å². The Kier molecular flexibility index (Phi) is 5.59. The predicted molar refractivity (Wildman–Crippen MR) is 70.7 cm³/mol. The zero-order chi connectivity index (χ0) is 12.0. The predicted octanol–water partition coefficient (Wildman–Crippen LogP) is 2.80. The summed E-state index contributed by atoms with van der Waals surface area (Å²) < 4.78 is 11.2. The number of hydrogen-bond donors (Lipinski definition) is 0. The SMILES string of the molecule is CCOC(=O)CCc1cc(I)cc(OC)c1. The fraction of sp³-hybridized carbons (Fsp3) is 0.417. The third kappa shape index (κ3) is 4.38. The molecule has 88 valence electrons. The zero-order valence-electron chi connectivity index (χ0n) is 9.46. The molecular formula is C12H15IO3. The average molecular weight is 334 g/mol. The van der Waals surface area contributed by atoms with Crippen LogP contribution >= 0.6 is 22.6 Å². The Hall–Kier alpha value is -0.780. The molecule has 0 fully saturated rings. The summed E-state index contributed by atoms with van der Waals surface area (Å²) in [6.07, 6.45) is 1.10. The molecule has 0 saturated heterocycles. The lowest BCUT2D eigenvalue weighted by Gasteiger charge is -2.06. The highest BCUT2D eigenvalue weighted by molar-refractivity contribution is 14.1. The molecule has 1 rings (SSSR count). The average Bonchev–Trinajstić information content (AvgIpc) is 2.26. The standard InChI is InChI=1S/C12H15IO3/c1-3-16-12(14)5-4-9-6-10(13)8-11(7-9)15-2/h6-8H,3-5H2,1-2H3.